The van der Waals surface area contributed by atoms with E-state index in [0.29, 0.717) is 13.0 Å². The molecule has 3 aromatic rings. The lowest BCUT2D eigenvalue weighted by Crippen LogP contribution is -2.43. The molecular weight excluding hydrogens is 427 g/mol. The highest BCUT2D eigenvalue weighted by Gasteiger charge is 2.31. The Hall–Kier alpha value is -3.47. The number of hydrogen-bond donors (Lipinski definition) is 1. The monoisotopic (exact) mass is 460 g/mol. The fourth-order valence-corrected chi connectivity index (χ4v) is 3.94. The molecule has 0 unspecified atom stereocenters. The summed E-state index contributed by atoms with van der Waals surface area (Å²) >= 11 is 0. The molecule has 3 aromatic carbocycles. The number of amides is 2. The minimum absolute atomic E-state index is 0.120. The van der Waals surface area contributed by atoms with Crippen LogP contribution in [0.5, 0.6) is 0 Å². The summed E-state index contributed by atoms with van der Waals surface area (Å²) in [5.74, 6) is -0.651. The molecule has 3 rings (SSSR count). The Kier molecular flexibility index (Phi) is 9.83. The van der Waals surface area contributed by atoms with E-state index in [1.807, 2.05) is 60.7 Å². The van der Waals surface area contributed by atoms with Crippen LogP contribution >= 0.6 is 0 Å². The number of carbonyl (C=O) groups excluding carboxylic acids is 2. The number of hydrogen-bond acceptors (Lipinski definition) is 2. The zero-order valence-electron chi connectivity index (χ0n) is 19.8. The van der Waals surface area contributed by atoms with Crippen LogP contribution in [-0.4, -0.2) is 23.3 Å². The lowest BCUT2D eigenvalue weighted by Gasteiger charge is -2.32. The summed E-state index contributed by atoms with van der Waals surface area (Å²) in [6.07, 6.45) is 3.85. The van der Waals surface area contributed by atoms with E-state index < -0.39 is 6.04 Å². The van der Waals surface area contributed by atoms with Crippen molar-refractivity contribution in [1.82, 2.24) is 10.2 Å². The summed E-state index contributed by atoms with van der Waals surface area (Å²) in [6.45, 7) is 2.90. The fourth-order valence-electron chi connectivity index (χ4n) is 3.94. The molecule has 0 fully saturated rings. The molecule has 0 aliphatic carbocycles. The Balaban J connectivity index is 1.88. The highest BCUT2D eigenvalue weighted by atomic mass is 19.1. The third-order valence-corrected chi connectivity index (χ3v) is 5.81. The van der Waals surface area contributed by atoms with Crippen molar-refractivity contribution >= 4 is 11.8 Å². The third kappa shape index (κ3) is 7.55. The molecule has 2 amide bonds. The van der Waals surface area contributed by atoms with Crippen LogP contribution in [0.1, 0.15) is 55.3 Å². The quantitative estimate of drug-likeness (QED) is 0.346. The van der Waals surface area contributed by atoms with E-state index in [9.17, 15) is 14.0 Å². The van der Waals surface area contributed by atoms with Crippen LogP contribution < -0.4 is 5.32 Å². The molecule has 34 heavy (non-hydrogen) atoms. The van der Waals surface area contributed by atoms with Gasteiger partial charge in [-0.3, -0.25) is 9.59 Å². The predicted octanol–water partition coefficient (Wildman–Crippen LogP) is 5.83. The third-order valence-electron chi connectivity index (χ3n) is 5.81. The fraction of sp³-hybridized carbons (Fsp3) is 0.310. The van der Waals surface area contributed by atoms with Gasteiger partial charge in [-0.1, -0.05) is 92.6 Å². The first-order valence-electron chi connectivity index (χ1n) is 12.0. The van der Waals surface area contributed by atoms with Crippen molar-refractivity contribution in [2.45, 2.75) is 51.6 Å². The van der Waals surface area contributed by atoms with Gasteiger partial charge in [-0.15, -0.1) is 0 Å². The number of nitrogens with zero attached hydrogens (tertiary/aromatic N) is 1. The normalized spacial score (nSPS) is 11.6. The van der Waals surface area contributed by atoms with Crippen LogP contribution in [-0.2, 0) is 22.6 Å². The van der Waals surface area contributed by atoms with Gasteiger partial charge in [0.1, 0.15) is 11.9 Å². The van der Waals surface area contributed by atoms with Crippen LogP contribution in [0.4, 0.5) is 4.39 Å². The Morgan fingerprint density at radius 3 is 2.15 bits per heavy atom. The van der Waals surface area contributed by atoms with E-state index >= 15 is 0 Å². The molecule has 0 aromatic heterocycles. The highest BCUT2D eigenvalue weighted by molar-refractivity contribution is 5.88. The van der Waals surface area contributed by atoms with Crippen molar-refractivity contribution in [3.8, 4) is 0 Å². The van der Waals surface area contributed by atoms with Gasteiger partial charge in [-0.2, -0.15) is 0 Å². The van der Waals surface area contributed by atoms with Gasteiger partial charge < -0.3 is 10.2 Å². The lowest BCUT2D eigenvalue weighted by atomic mass is 10.0. The molecule has 0 heterocycles. The largest absolute Gasteiger partial charge is 0.354 e. The van der Waals surface area contributed by atoms with E-state index in [1.165, 1.54) is 12.1 Å². The number of carbonyl (C=O) groups is 2. The smallest absolute Gasteiger partial charge is 0.247 e. The maximum absolute atomic E-state index is 13.6. The van der Waals surface area contributed by atoms with E-state index in [2.05, 4.69) is 12.2 Å². The second kappa shape index (κ2) is 13.3. The van der Waals surface area contributed by atoms with Gasteiger partial charge in [0.05, 0.1) is 0 Å². The summed E-state index contributed by atoms with van der Waals surface area (Å²) < 4.78 is 13.5. The van der Waals surface area contributed by atoms with Crippen molar-refractivity contribution in [3.05, 3.63) is 107 Å². The Morgan fingerprint density at radius 2 is 1.50 bits per heavy atom. The summed E-state index contributed by atoms with van der Waals surface area (Å²) in [6, 6.07) is 24.5. The SMILES string of the molecule is CCCCCNC(=O)[C@H](c1ccccc1)N(Cc1ccc(F)cc1)C(=O)CCc1ccccc1. The van der Waals surface area contributed by atoms with Crippen LogP contribution in [0, 0.1) is 5.82 Å². The number of rotatable bonds is 12. The van der Waals surface area contributed by atoms with Gasteiger partial charge in [-0.25, -0.2) is 4.39 Å². The molecule has 0 aliphatic heterocycles. The molecule has 4 nitrogen and oxygen atoms in total. The first-order chi connectivity index (χ1) is 16.6. The number of aryl methyl sites for hydroxylation is 1. The average molecular weight is 461 g/mol. The maximum atomic E-state index is 13.6. The second-order valence-corrected chi connectivity index (χ2v) is 8.45. The minimum atomic E-state index is -0.767. The molecular formula is C29H33FN2O2. The van der Waals surface area contributed by atoms with Crippen molar-refractivity contribution in [2.75, 3.05) is 6.54 Å². The Bertz CT molecular complexity index is 1020. The van der Waals surface area contributed by atoms with Gasteiger partial charge in [0, 0.05) is 19.5 Å². The van der Waals surface area contributed by atoms with Crippen LogP contribution in [0.2, 0.25) is 0 Å². The van der Waals surface area contributed by atoms with Gasteiger partial charge in [0.25, 0.3) is 0 Å². The molecule has 0 radical (unpaired) electrons. The summed E-state index contributed by atoms with van der Waals surface area (Å²) in [4.78, 5) is 28.6. The summed E-state index contributed by atoms with van der Waals surface area (Å²) in [5.41, 5.74) is 2.60. The van der Waals surface area contributed by atoms with Crippen molar-refractivity contribution < 1.29 is 14.0 Å². The molecule has 0 saturated carbocycles. The van der Waals surface area contributed by atoms with E-state index in [1.54, 1.807) is 17.0 Å². The molecule has 0 aliphatic rings. The summed E-state index contributed by atoms with van der Waals surface area (Å²) in [5, 5.41) is 3.03. The van der Waals surface area contributed by atoms with Crippen molar-refractivity contribution in [1.29, 1.82) is 0 Å². The van der Waals surface area contributed by atoms with Crippen LogP contribution in [0.3, 0.4) is 0 Å². The molecule has 0 saturated heterocycles. The highest BCUT2D eigenvalue weighted by Crippen LogP contribution is 2.25. The Labute approximate surface area is 201 Å². The zero-order chi connectivity index (χ0) is 24.2. The number of nitrogens with one attached hydrogen (secondary N) is 1. The maximum Gasteiger partial charge on any atom is 0.247 e. The topological polar surface area (TPSA) is 49.4 Å². The van der Waals surface area contributed by atoms with Gasteiger partial charge in [0.15, 0.2) is 0 Å². The molecule has 5 heteroatoms. The minimum Gasteiger partial charge on any atom is -0.354 e. The molecule has 178 valence electrons. The van der Waals surface area contributed by atoms with E-state index in [0.717, 1.165) is 36.0 Å². The summed E-state index contributed by atoms with van der Waals surface area (Å²) in [7, 11) is 0. The first kappa shape index (κ1) is 25.2. The van der Waals surface area contributed by atoms with Crippen molar-refractivity contribution in [3.63, 3.8) is 0 Å². The van der Waals surface area contributed by atoms with Gasteiger partial charge >= 0.3 is 0 Å². The van der Waals surface area contributed by atoms with Gasteiger partial charge in [0.2, 0.25) is 11.8 Å². The van der Waals surface area contributed by atoms with Crippen LogP contribution in [0.15, 0.2) is 84.9 Å². The molecule has 0 spiro atoms. The first-order valence-corrected chi connectivity index (χ1v) is 12.0. The Morgan fingerprint density at radius 1 is 0.853 bits per heavy atom. The number of unbranched alkanes of at least 4 members (excludes halogenated alkanes) is 2. The molecule has 1 N–H and O–H groups in total. The van der Waals surface area contributed by atoms with Crippen molar-refractivity contribution in [2.24, 2.45) is 0 Å². The predicted molar refractivity (Wildman–Crippen MR) is 133 cm³/mol. The van der Waals surface area contributed by atoms with E-state index in [-0.39, 0.29) is 30.6 Å². The number of halogens is 1. The zero-order valence-corrected chi connectivity index (χ0v) is 19.8. The standard InChI is InChI=1S/C29H33FN2O2/c1-2-3-10-21-31-29(34)28(25-13-8-5-9-14-25)32(22-24-15-18-26(30)19-16-24)27(33)20-17-23-11-6-4-7-12-23/h4-9,11-16,18-19,28H,2-3,10,17,20-22H2,1H3,(H,31,34)/t28-/m0/s1. The molecule has 0 bridgehead atoms. The average Bonchev–Trinajstić information content (AvgIpc) is 2.87. The molecule has 1 atom stereocenters. The van der Waals surface area contributed by atoms with Crippen LogP contribution in [0.25, 0.3) is 0 Å². The number of benzene rings is 3. The second-order valence-electron chi connectivity index (χ2n) is 8.45. The lowest BCUT2D eigenvalue weighted by molar-refractivity contribution is -0.141. The van der Waals surface area contributed by atoms with E-state index in [4.69, 9.17) is 0 Å². The van der Waals surface area contributed by atoms with Gasteiger partial charge in [-0.05, 0) is 41.7 Å².